The number of carbonyl (C=O) groups excluding carboxylic acids is 1. The fourth-order valence-electron chi connectivity index (χ4n) is 3.57. The lowest BCUT2D eigenvalue weighted by atomic mass is 9.98. The number of rotatable bonds is 10. The summed E-state index contributed by atoms with van der Waals surface area (Å²) < 4.78 is 10.8. The first kappa shape index (κ1) is 22.4. The van der Waals surface area contributed by atoms with Crippen molar-refractivity contribution in [3.63, 3.8) is 0 Å². The molecule has 5 heteroatoms. The molecule has 162 valence electrons. The van der Waals surface area contributed by atoms with Gasteiger partial charge in [0.05, 0.1) is 26.8 Å². The Morgan fingerprint density at radius 3 is 2.13 bits per heavy atom. The van der Waals surface area contributed by atoms with Crippen molar-refractivity contribution in [3.8, 4) is 11.5 Å². The molecule has 0 bridgehead atoms. The molecular formula is C26H31N2O3+. The molecule has 0 aliphatic heterocycles. The highest BCUT2D eigenvalue weighted by atomic mass is 16.5. The highest BCUT2D eigenvalue weighted by Crippen LogP contribution is 2.24. The van der Waals surface area contributed by atoms with Crippen LogP contribution in [0.5, 0.6) is 11.5 Å². The van der Waals surface area contributed by atoms with E-state index in [9.17, 15) is 4.79 Å². The van der Waals surface area contributed by atoms with E-state index in [-0.39, 0.29) is 11.9 Å². The van der Waals surface area contributed by atoms with E-state index >= 15 is 0 Å². The molecule has 0 fully saturated rings. The third-order valence-electron chi connectivity index (χ3n) is 5.09. The summed E-state index contributed by atoms with van der Waals surface area (Å²) >= 11 is 0. The summed E-state index contributed by atoms with van der Waals surface area (Å²) in [5.74, 6) is 1.67. The maximum absolute atomic E-state index is 12.9. The summed E-state index contributed by atoms with van der Waals surface area (Å²) in [6.45, 7) is 3.77. The quantitative estimate of drug-likeness (QED) is 0.531. The number of benzene rings is 3. The van der Waals surface area contributed by atoms with Crippen LogP contribution < -0.4 is 19.7 Å². The zero-order chi connectivity index (χ0) is 22.1. The molecule has 0 spiro atoms. The third kappa shape index (κ3) is 6.59. The van der Waals surface area contributed by atoms with Crippen LogP contribution in [0.1, 0.15) is 29.7 Å². The predicted octanol–water partition coefficient (Wildman–Crippen LogP) is 3.01. The van der Waals surface area contributed by atoms with Gasteiger partial charge >= 0.3 is 0 Å². The number of ether oxygens (including phenoxy) is 2. The minimum absolute atomic E-state index is 0.00751. The van der Waals surface area contributed by atoms with E-state index < -0.39 is 0 Å². The van der Waals surface area contributed by atoms with Crippen molar-refractivity contribution in [2.45, 2.75) is 19.5 Å². The van der Waals surface area contributed by atoms with E-state index in [1.807, 2.05) is 80.7 Å². The molecule has 31 heavy (non-hydrogen) atoms. The molecule has 5 nitrogen and oxygen atoms in total. The molecule has 0 aliphatic rings. The van der Waals surface area contributed by atoms with Crippen LogP contribution in [-0.4, -0.2) is 33.2 Å². The fraction of sp³-hybridized carbons (Fsp3) is 0.269. The SMILES string of the molecule is CCOc1ccc(C[NH+](C)CC(=O)N[C@@H](c2ccccc2)c2ccc(OC)cc2)cc1. The number of nitrogens with one attached hydrogen (secondary N) is 2. The highest BCUT2D eigenvalue weighted by Gasteiger charge is 2.19. The second-order valence-electron chi connectivity index (χ2n) is 7.57. The summed E-state index contributed by atoms with van der Waals surface area (Å²) in [7, 11) is 3.68. The van der Waals surface area contributed by atoms with Crippen LogP contribution in [0.2, 0.25) is 0 Å². The fourth-order valence-corrected chi connectivity index (χ4v) is 3.57. The first-order valence-corrected chi connectivity index (χ1v) is 10.6. The molecule has 0 radical (unpaired) electrons. The molecule has 3 aromatic rings. The highest BCUT2D eigenvalue weighted by molar-refractivity contribution is 5.78. The number of quaternary nitrogens is 1. The Labute approximate surface area is 184 Å². The van der Waals surface area contributed by atoms with Gasteiger partial charge in [0.1, 0.15) is 18.0 Å². The van der Waals surface area contributed by atoms with E-state index in [0.29, 0.717) is 13.2 Å². The van der Waals surface area contributed by atoms with Crippen LogP contribution in [0.3, 0.4) is 0 Å². The summed E-state index contributed by atoms with van der Waals surface area (Å²) in [5, 5.41) is 3.21. The molecule has 2 atom stereocenters. The maximum Gasteiger partial charge on any atom is 0.275 e. The van der Waals surface area contributed by atoms with Crippen molar-refractivity contribution in [1.29, 1.82) is 0 Å². The maximum atomic E-state index is 12.9. The molecule has 0 aliphatic carbocycles. The van der Waals surface area contributed by atoms with Crippen molar-refractivity contribution in [3.05, 3.63) is 95.6 Å². The lowest BCUT2D eigenvalue weighted by Crippen LogP contribution is -3.08. The summed E-state index contributed by atoms with van der Waals surface area (Å²) in [6, 6.07) is 25.7. The second kappa shape index (κ2) is 11.2. The monoisotopic (exact) mass is 419 g/mol. The zero-order valence-electron chi connectivity index (χ0n) is 18.4. The Hall–Kier alpha value is -3.31. The van der Waals surface area contributed by atoms with Crippen LogP contribution in [0.15, 0.2) is 78.9 Å². The number of hydrogen-bond donors (Lipinski definition) is 2. The van der Waals surface area contributed by atoms with E-state index in [2.05, 4.69) is 17.4 Å². The van der Waals surface area contributed by atoms with E-state index in [0.717, 1.165) is 34.1 Å². The number of hydrogen-bond acceptors (Lipinski definition) is 3. The summed E-state index contributed by atoms with van der Waals surface area (Å²) in [4.78, 5) is 14.0. The van der Waals surface area contributed by atoms with Gasteiger partial charge in [0.25, 0.3) is 5.91 Å². The first-order chi connectivity index (χ1) is 15.1. The van der Waals surface area contributed by atoms with Gasteiger partial charge in [0.15, 0.2) is 6.54 Å². The van der Waals surface area contributed by atoms with E-state index in [1.165, 1.54) is 5.56 Å². The molecule has 1 unspecified atom stereocenters. The second-order valence-corrected chi connectivity index (χ2v) is 7.57. The van der Waals surface area contributed by atoms with E-state index in [4.69, 9.17) is 9.47 Å². The zero-order valence-corrected chi connectivity index (χ0v) is 18.4. The van der Waals surface area contributed by atoms with Crippen LogP contribution in [0.4, 0.5) is 0 Å². The van der Waals surface area contributed by atoms with Gasteiger partial charge in [-0.05, 0) is 54.4 Å². The van der Waals surface area contributed by atoms with Gasteiger partial charge in [-0.15, -0.1) is 0 Å². The largest absolute Gasteiger partial charge is 0.497 e. The van der Waals surface area contributed by atoms with Gasteiger partial charge in [-0.2, -0.15) is 0 Å². The Morgan fingerprint density at radius 1 is 0.903 bits per heavy atom. The molecule has 0 aromatic heterocycles. The van der Waals surface area contributed by atoms with Gasteiger partial charge in [-0.3, -0.25) is 4.79 Å². The molecular weight excluding hydrogens is 388 g/mol. The van der Waals surface area contributed by atoms with Gasteiger partial charge in [0, 0.05) is 5.56 Å². The van der Waals surface area contributed by atoms with Crippen LogP contribution >= 0.6 is 0 Å². The average Bonchev–Trinajstić information content (AvgIpc) is 2.79. The Balaban J connectivity index is 1.65. The summed E-state index contributed by atoms with van der Waals surface area (Å²) in [5.41, 5.74) is 3.23. The molecule has 2 N–H and O–H groups in total. The van der Waals surface area contributed by atoms with Crippen molar-refractivity contribution in [2.24, 2.45) is 0 Å². The standard InChI is InChI=1S/C26H30N2O3/c1-4-31-24-14-10-20(11-15-24)18-28(2)19-25(29)27-26(21-8-6-5-7-9-21)22-12-16-23(30-3)17-13-22/h5-17,26H,4,18-19H2,1-3H3,(H,27,29)/p+1/t26-/m0/s1. The molecule has 0 saturated heterocycles. The average molecular weight is 420 g/mol. The minimum atomic E-state index is -0.210. The van der Waals surface area contributed by atoms with Crippen molar-refractivity contribution < 1.29 is 19.2 Å². The summed E-state index contributed by atoms with van der Waals surface area (Å²) in [6.07, 6.45) is 0. The minimum Gasteiger partial charge on any atom is -0.497 e. The molecule has 0 saturated carbocycles. The molecule has 0 heterocycles. The topological polar surface area (TPSA) is 52.0 Å². The Bertz CT molecular complexity index is 941. The third-order valence-corrected chi connectivity index (χ3v) is 5.09. The first-order valence-electron chi connectivity index (χ1n) is 10.6. The number of likely N-dealkylation sites (N-methyl/N-ethyl adjacent to an activating group) is 1. The van der Waals surface area contributed by atoms with Crippen LogP contribution in [-0.2, 0) is 11.3 Å². The Morgan fingerprint density at radius 2 is 1.52 bits per heavy atom. The van der Waals surface area contributed by atoms with Gasteiger partial charge in [-0.25, -0.2) is 0 Å². The number of amides is 1. The molecule has 1 amide bonds. The smallest absolute Gasteiger partial charge is 0.275 e. The number of methoxy groups -OCH3 is 1. The lowest BCUT2D eigenvalue weighted by molar-refractivity contribution is -0.885. The predicted molar refractivity (Wildman–Crippen MR) is 122 cm³/mol. The molecule has 3 aromatic carbocycles. The van der Waals surface area contributed by atoms with E-state index in [1.54, 1.807) is 7.11 Å². The van der Waals surface area contributed by atoms with Crippen molar-refractivity contribution in [2.75, 3.05) is 27.3 Å². The van der Waals surface area contributed by atoms with Gasteiger partial charge in [-0.1, -0.05) is 42.5 Å². The van der Waals surface area contributed by atoms with Crippen molar-refractivity contribution in [1.82, 2.24) is 5.32 Å². The van der Waals surface area contributed by atoms with Crippen LogP contribution in [0, 0.1) is 0 Å². The normalized spacial score (nSPS) is 12.6. The molecule has 3 rings (SSSR count). The van der Waals surface area contributed by atoms with Crippen LogP contribution in [0.25, 0.3) is 0 Å². The Kier molecular flexibility index (Phi) is 8.07. The van der Waals surface area contributed by atoms with Crippen molar-refractivity contribution >= 4 is 5.91 Å². The van der Waals surface area contributed by atoms with Gasteiger partial charge < -0.3 is 19.7 Å². The lowest BCUT2D eigenvalue weighted by Gasteiger charge is -2.21. The van der Waals surface area contributed by atoms with Gasteiger partial charge in [0.2, 0.25) is 0 Å². The number of carbonyl (C=O) groups is 1.